The highest BCUT2D eigenvalue weighted by Crippen LogP contribution is 2.36. The number of carbonyl (C=O) groups is 2. The van der Waals surface area contributed by atoms with Gasteiger partial charge >= 0.3 is 0 Å². The maximum absolute atomic E-state index is 12.2. The second kappa shape index (κ2) is 11.7. The van der Waals surface area contributed by atoms with Gasteiger partial charge in [0.1, 0.15) is 17.7 Å². The van der Waals surface area contributed by atoms with Crippen molar-refractivity contribution in [3.63, 3.8) is 0 Å². The Morgan fingerprint density at radius 3 is 1.92 bits per heavy atom. The van der Waals surface area contributed by atoms with Gasteiger partial charge in [0.15, 0.2) is 0 Å². The fraction of sp³-hybridized carbons (Fsp3) is 0.400. The minimum absolute atomic E-state index is 0.0475. The lowest BCUT2D eigenvalue weighted by atomic mass is 9.94. The fourth-order valence-corrected chi connectivity index (χ4v) is 5.77. The second-order valence-electron chi connectivity index (χ2n) is 10.2. The van der Waals surface area contributed by atoms with Crippen LogP contribution < -0.4 is 9.80 Å². The zero-order chi connectivity index (χ0) is 27.4. The van der Waals surface area contributed by atoms with Gasteiger partial charge in [-0.1, -0.05) is 43.5 Å². The SMILES string of the molecule is C=CC(=O)N1CCN(c2nc(N3CCN(C(=O)C=C)CC3)c3c(c2C#N)CN(Cc2ccccc2)CC3)CC1. The third-order valence-corrected chi connectivity index (χ3v) is 7.92. The number of rotatable bonds is 6. The monoisotopic (exact) mass is 525 g/mol. The Hall–Kier alpha value is -4.16. The van der Waals surface area contributed by atoms with Gasteiger partial charge in [-0.15, -0.1) is 0 Å². The molecule has 1 aromatic carbocycles. The van der Waals surface area contributed by atoms with Crippen LogP contribution in [0.25, 0.3) is 0 Å². The number of piperazine rings is 2. The number of hydrogen-bond donors (Lipinski definition) is 0. The standard InChI is InChI=1S/C30H35N7O2/c1-3-27(38)34-12-16-36(17-13-34)29-24-10-11-33(21-23-8-6-5-7-9-23)22-26(24)25(20-31)30(32-29)37-18-14-35(15-19-37)28(39)4-2/h3-9H,1-2,10-19,21-22H2. The van der Waals surface area contributed by atoms with Crippen molar-refractivity contribution in [2.45, 2.75) is 19.5 Å². The number of carbonyl (C=O) groups excluding carboxylic acids is 2. The van der Waals surface area contributed by atoms with E-state index in [4.69, 9.17) is 4.98 Å². The molecular weight excluding hydrogens is 490 g/mol. The lowest BCUT2D eigenvalue weighted by molar-refractivity contribution is -0.127. The third-order valence-electron chi connectivity index (χ3n) is 7.92. The highest BCUT2D eigenvalue weighted by molar-refractivity contribution is 5.87. The molecule has 0 aliphatic carbocycles. The Bertz CT molecular complexity index is 1290. The van der Waals surface area contributed by atoms with Crippen LogP contribution in [0, 0.1) is 11.3 Å². The summed E-state index contributed by atoms with van der Waals surface area (Å²) >= 11 is 0. The van der Waals surface area contributed by atoms with E-state index in [1.165, 1.54) is 17.7 Å². The van der Waals surface area contributed by atoms with Crippen molar-refractivity contribution in [2.75, 3.05) is 68.7 Å². The maximum Gasteiger partial charge on any atom is 0.246 e. The molecule has 5 rings (SSSR count). The van der Waals surface area contributed by atoms with Crippen LogP contribution in [-0.2, 0) is 29.1 Å². The van der Waals surface area contributed by atoms with Crippen molar-refractivity contribution in [2.24, 2.45) is 0 Å². The summed E-state index contributed by atoms with van der Waals surface area (Å²) in [5.74, 6) is 1.50. The first-order chi connectivity index (χ1) is 19.0. The molecule has 0 bridgehead atoms. The summed E-state index contributed by atoms with van der Waals surface area (Å²) < 4.78 is 0. The van der Waals surface area contributed by atoms with Crippen LogP contribution in [0.1, 0.15) is 22.3 Å². The molecule has 0 unspecified atom stereocenters. The van der Waals surface area contributed by atoms with Crippen molar-refractivity contribution < 1.29 is 9.59 Å². The quantitative estimate of drug-likeness (QED) is 0.535. The highest BCUT2D eigenvalue weighted by Gasteiger charge is 2.32. The summed E-state index contributed by atoms with van der Waals surface area (Å²) in [6.45, 7) is 14.5. The largest absolute Gasteiger partial charge is 0.353 e. The minimum atomic E-state index is -0.0715. The van der Waals surface area contributed by atoms with Gasteiger partial charge in [0.25, 0.3) is 0 Å². The smallest absolute Gasteiger partial charge is 0.246 e. The number of aromatic nitrogens is 1. The summed E-state index contributed by atoms with van der Waals surface area (Å²) in [6.07, 6.45) is 3.53. The minimum Gasteiger partial charge on any atom is -0.353 e. The molecule has 2 saturated heterocycles. The van der Waals surface area contributed by atoms with Crippen molar-refractivity contribution >= 4 is 23.5 Å². The van der Waals surface area contributed by atoms with Crippen molar-refractivity contribution in [3.8, 4) is 6.07 Å². The summed E-state index contributed by atoms with van der Waals surface area (Å²) in [5.41, 5.74) is 4.08. The van der Waals surface area contributed by atoms with Gasteiger partial charge < -0.3 is 19.6 Å². The number of nitriles is 1. The molecule has 0 spiro atoms. The summed E-state index contributed by atoms with van der Waals surface area (Å²) in [4.78, 5) is 39.9. The van der Waals surface area contributed by atoms with E-state index in [0.717, 1.165) is 36.5 Å². The molecule has 0 radical (unpaired) electrons. The van der Waals surface area contributed by atoms with E-state index < -0.39 is 0 Å². The van der Waals surface area contributed by atoms with Crippen molar-refractivity contribution in [3.05, 3.63) is 77.9 Å². The molecular formula is C30H35N7O2. The van der Waals surface area contributed by atoms with E-state index in [1.54, 1.807) is 4.90 Å². The number of nitrogens with zero attached hydrogens (tertiary/aromatic N) is 7. The zero-order valence-electron chi connectivity index (χ0n) is 22.4. The van der Waals surface area contributed by atoms with E-state index in [9.17, 15) is 14.9 Å². The topological polar surface area (TPSA) is 87.0 Å². The molecule has 39 heavy (non-hydrogen) atoms. The van der Waals surface area contributed by atoms with E-state index in [2.05, 4.69) is 58.2 Å². The maximum atomic E-state index is 12.2. The van der Waals surface area contributed by atoms with Gasteiger partial charge in [-0.3, -0.25) is 14.5 Å². The molecule has 1 aromatic heterocycles. The number of pyridine rings is 1. The van der Waals surface area contributed by atoms with Crippen molar-refractivity contribution in [1.82, 2.24) is 19.7 Å². The Kier molecular flexibility index (Phi) is 7.94. The molecule has 3 aliphatic rings. The Morgan fingerprint density at radius 2 is 1.38 bits per heavy atom. The van der Waals surface area contributed by atoms with Crippen molar-refractivity contribution in [1.29, 1.82) is 5.26 Å². The molecule has 202 valence electrons. The number of fused-ring (bicyclic) bond motifs is 1. The number of hydrogen-bond acceptors (Lipinski definition) is 7. The van der Waals surface area contributed by atoms with Crippen LogP contribution in [0.15, 0.2) is 55.6 Å². The van der Waals surface area contributed by atoms with Crippen LogP contribution in [-0.4, -0.2) is 90.4 Å². The summed E-state index contributed by atoms with van der Waals surface area (Å²) in [7, 11) is 0. The van der Waals surface area contributed by atoms with Crippen LogP contribution >= 0.6 is 0 Å². The Labute approximate surface area is 230 Å². The lowest BCUT2D eigenvalue weighted by Crippen LogP contribution is -2.50. The molecule has 0 atom stereocenters. The summed E-state index contributed by atoms with van der Waals surface area (Å²) in [6, 6.07) is 12.9. The first-order valence-corrected chi connectivity index (χ1v) is 13.6. The van der Waals surface area contributed by atoms with Gasteiger partial charge in [-0.25, -0.2) is 4.98 Å². The predicted octanol–water partition coefficient (Wildman–Crippen LogP) is 2.18. The normalized spacial score (nSPS) is 17.8. The number of amides is 2. The van der Waals surface area contributed by atoms with E-state index in [1.807, 2.05) is 11.0 Å². The average Bonchev–Trinajstić information content (AvgIpc) is 3.00. The highest BCUT2D eigenvalue weighted by atomic mass is 16.2. The molecule has 2 aromatic rings. The van der Waals surface area contributed by atoms with Crippen LogP contribution in [0.2, 0.25) is 0 Å². The summed E-state index contributed by atoms with van der Waals surface area (Å²) in [5, 5.41) is 10.4. The average molecular weight is 526 g/mol. The first-order valence-electron chi connectivity index (χ1n) is 13.6. The molecule has 4 heterocycles. The van der Waals surface area contributed by atoms with Crippen LogP contribution in [0.5, 0.6) is 0 Å². The Balaban J connectivity index is 1.47. The van der Waals surface area contributed by atoms with Gasteiger partial charge in [0.2, 0.25) is 11.8 Å². The molecule has 2 fully saturated rings. The predicted molar refractivity (Wildman–Crippen MR) is 151 cm³/mol. The van der Waals surface area contributed by atoms with E-state index in [0.29, 0.717) is 70.3 Å². The second-order valence-corrected chi connectivity index (χ2v) is 10.2. The number of anilines is 2. The lowest BCUT2D eigenvalue weighted by Gasteiger charge is -2.40. The number of benzene rings is 1. The van der Waals surface area contributed by atoms with Gasteiger partial charge in [0.05, 0.1) is 5.56 Å². The van der Waals surface area contributed by atoms with Gasteiger partial charge in [0, 0.05) is 77.6 Å². The molecule has 3 aliphatic heterocycles. The molecule has 2 amide bonds. The Morgan fingerprint density at radius 1 is 0.821 bits per heavy atom. The van der Waals surface area contributed by atoms with Gasteiger partial charge in [-0.2, -0.15) is 5.26 Å². The molecule has 9 heteroatoms. The fourth-order valence-electron chi connectivity index (χ4n) is 5.77. The third kappa shape index (κ3) is 5.52. The zero-order valence-corrected chi connectivity index (χ0v) is 22.4. The van der Waals surface area contributed by atoms with Crippen LogP contribution in [0.4, 0.5) is 11.6 Å². The molecule has 0 N–H and O–H groups in total. The van der Waals surface area contributed by atoms with E-state index >= 15 is 0 Å². The van der Waals surface area contributed by atoms with Gasteiger partial charge in [-0.05, 0) is 29.7 Å². The van der Waals surface area contributed by atoms with E-state index in [-0.39, 0.29) is 11.8 Å². The molecule has 0 saturated carbocycles. The molecule has 9 nitrogen and oxygen atoms in total. The van der Waals surface area contributed by atoms with Crippen LogP contribution in [0.3, 0.4) is 0 Å². The first kappa shape index (κ1) is 26.4.